The van der Waals surface area contributed by atoms with Gasteiger partial charge in [0.05, 0.1) is 50.3 Å². The number of carbonyl (C=O) groups is 1. The Labute approximate surface area is 160 Å². The van der Waals surface area contributed by atoms with Gasteiger partial charge in [0.25, 0.3) is 0 Å². The molecule has 3 rings (SSSR count). The van der Waals surface area contributed by atoms with Crippen LogP contribution in [0.1, 0.15) is 31.4 Å². The molecule has 142 valence electrons. The first-order chi connectivity index (χ1) is 13.1. The monoisotopic (exact) mass is 367 g/mol. The number of quaternary nitrogens is 1. The second-order valence-corrected chi connectivity index (χ2v) is 7.07. The molecular weight excluding hydrogens is 340 g/mol. The van der Waals surface area contributed by atoms with Crippen LogP contribution < -0.4 is 15.1 Å². The third-order valence-corrected chi connectivity index (χ3v) is 4.99. The zero-order valence-corrected chi connectivity index (χ0v) is 16.0. The minimum Gasteiger partial charge on any atom is -0.355 e. The molecule has 1 atom stereocenters. The van der Waals surface area contributed by atoms with Crippen molar-refractivity contribution >= 4 is 22.8 Å². The van der Waals surface area contributed by atoms with Gasteiger partial charge in [-0.15, -0.1) is 0 Å². The smallest absolute Gasteiger partial charge is 0.243 e. The summed E-state index contributed by atoms with van der Waals surface area (Å²) in [5.74, 6) is -0.587. The van der Waals surface area contributed by atoms with Crippen LogP contribution in [0.5, 0.6) is 0 Å². The number of nitrogens with zero attached hydrogens (tertiary/aromatic N) is 4. The van der Waals surface area contributed by atoms with E-state index in [2.05, 4.69) is 30.3 Å². The van der Waals surface area contributed by atoms with Gasteiger partial charge in [0.15, 0.2) is 11.7 Å². The number of piperazine rings is 1. The normalized spacial score (nSPS) is 16.1. The maximum absolute atomic E-state index is 12.6. The maximum Gasteiger partial charge on any atom is 0.243 e. The number of hydrogen-bond acceptors (Lipinski definition) is 5. The van der Waals surface area contributed by atoms with Crippen LogP contribution >= 0.6 is 0 Å². The van der Waals surface area contributed by atoms with Crippen molar-refractivity contribution in [3.63, 3.8) is 0 Å². The van der Waals surface area contributed by atoms with Gasteiger partial charge in [0, 0.05) is 6.54 Å². The summed E-state index contributed by atoms with van der Waals surface area (Å²) in [5, 5.41) is 12.6. The number of benzene rings is 1. The van der Waals surface area contributed by atoms with Gasteiger partial charge in [-0.05, 0) is 18.6 Å². The number of para-hydroxylation sites is 2. The molecule has 1 amide bonds. The first-order valence-electron chi connectivity index (χ1n) is 9.64. The standard InChI is InChI=1S/C20H26N6O/c1-3-4-9-22-20(27)15(14-21)18-19(26-12-10-25(2)11-13-26)24-17-8-6-5-7-16(17)23-18/h5-8,15H,3-4,9-13H2,1-2H3,(H,22,27)/p+1/t15-/m0/s1. The van der Waals surface area contributed by atoms with E-state index in [4.69, 9.17) is 9.97 Å². The molecule has 2 N–H and O–H groups in total. The zero-order valence-electron chi connectivity index (χ0n) is 16.0. The molecule has 0 unspecified atom stereocenters. The van der Waals surface area contributed by atoms with Gasteiger partial charge in [0.1, 0.15) is 5.69 Å². The Bertz CT molecular complexity index is 838. The summed E-state index contributed by atoms with van der Waals surface area (Å²) in [6.07, 6.45) is 1.88. The zero-order chi connectivity index (χ0) is 19.2. The minimum atomic E-state index is -0.957. The molecule has 7 nitrogen and oxygen atoms in total. The van der Waals surface area contributed by atoms with Crippen molar-refractivity contribution in [3.8, 4) is 6.07 Å². The Balaban J connectivity index is 1.99. The van der Waals surface area contributed by atoms with Crippen molar-refractivity contribution in [2.45, 2.75) is 25.7 Å². The van der Waals surface area contributed by atoms with Crippen molar-refractivity contribution in [1.29, 1.82) is 5.26 Å². The lowest BCUT2D eigenvalue weighted by atomic mass is 10.0. The van der Waals surface area contributed by atoms with Crippen LogP contribution in [0.4, 0.5) is 5.82 Å². The summed E-state index contributed by atoms with van der Waals surface area (Å²) in [7, 11) is 2.17. The highest BCUT2D eigenvalue weighted by Crippen LogP contribution is 2.27. The van der Waals surface area contributed by atoms with Crippen molar-refractivity contribution < 1.29 is 9.69 Å². The number of likely N-dealkylation sites (N-methyl/N-ethyl adjacent to an activating group) is 1. The number of rotatable bonds is 6. The number of hydrogen-bond donors (Lipinski definition) is 2. The highest BCUT2D eigenvalue weighted by atomic mass is 16.1. The van der Waals surface area contributed by atoms with Crippen LogP contribution in [0.25, 0.3) is 11.0 Å². The Morgan fingerprint density at radius 1 is 1.30 bits per heavy atom. The molecule has 1 aliphatic heterocycles. The van der Waals surface area contributed by atoms with Crippen LogP contribution in [0, 0.1) is 11.3 Å². The van der Waals surface area contributed by atoms with E-state index in [0.717, 1.165) is 44.5 Å². The number of unbranched alkanes of at least 4 members (excludes halogenated alkanes) is 1. The van der Waals surface area contributed by atoms with Gasteiger partial charge >= 0.3 is 0 Å². The fourth-order valence-corrected chi connectivity index (χ4v) is 3.27. The Kier molecular flexibility index (Phi) is 6.20. The molecule has 1 saturated heterocycles. The molecular formula is C20H27N6O+. The molecule has 7 heteroatoms. The van der Waals surface area contributed by atoms with Crippen LogP contribution in [-0.2, 0) is 4.79 Å². The number of fused-ring (bicyclic) bond motifs is 1. The lowest BCUT2D eigenvalue weighted by molar-refractivity contribution is -0.880. The second-order valence-electron chi connectivity index (χ2n) is 7.07. The molecule has 0 bridgehead atoms. The van der Waals surface area contributed by atoms with E-state index in [-0.39, 0.29) is 5.91 Å². The first-order valence-corrected chi connectivity index (χ1v) is 9.64. The topological polar surface area (TPSA) is 86.3 Å². The van der Waals surface area contributed by atoms with Crippen LogP contribution in [0.15, 0.2) is 24.3 Å². The quantitative estimate of drug-likeness (QED) is 0.726. The Hall–Kier alpha value is -2.72. The number of aromatic nitrogens is 2. The molecule has 0 spiro atoms. The van der Waals surface area contributed by atoms with Crippen LogP contribution in [0.2, 0.25) is 0 Å². The summed E-state index contributed by atoms with van der Waals surface area (Å²) in [6.45, 7) is 6.29. The SMILES string of the molecule is CCCCNC(=O)[C@@H](C#N)c1nc2ccccc2nc1N1CC[NH+](C)CC1. The van der Waals surface area contributed by atoms with Crippen LogP contribution in [-0.4, -0.2) is 55.6 Å². The van der Waals surface area contributed by atoms with Gasteiger partial charge in [-0.3, -0.25) is 4.79 Å². The number of nitriles is 1. The first kappa shape index (κ1) is 19.1. The summed E-state index contributed by atoms with van der Waals surface area (Å²) >= 11 is 0. The lowest BCUT2D eigenvalue weighted by Crippen LogP contribution is -3.12. The Morgan fingerprint density at radius 2 is 1.96 bits per heavy atom. The maximum atomic E-state index is 12.6. The molecule has 0 radical (unpaired) electrons. The second kappa shape index (κ2) is 8.78. The fourth-order valence-electron chi connectivity index (χ4n) is 3.27. The summed E-state index contributed by atoms with van der Waals surface area (Å²) in [4.78, 5) is 25.8. The largest absolute Gasteiger partial charge is 0.355 e. The third kappa shape index (κ3) is 4.34. The predicted octanol–water partition coefficient (Wildman–Crippen LogP) is 0.488. The minimum absolute atomic E-state index is 0.295. The van der Waals surface area contributed by atoms with E-state index >= 15 is 0 Å². The van der Waals surface area contributed by atoms with Crippen molar-refractivity contribution in [2.75, 3.05) is 44.7 Å². The molecule has 1 aromatic heterocycles. The summed E-state index contributed by atoms with van der Waals surface area (Å²) < 4.78 is 0. The molecule has 2 aromatic rings. The number of amides is 1. The highest BCUT2D eigenvalue weighted by molar-refractivity contribution is 5.88. The number of carbonyl (C=O) groups excluding carboxylic acids is 1. The van der Waals surface area contributed by atoms with E-state index in [1.54, 1.807) is 0 Å². The van der Waals surface area contributed by atoms with Gasteiger partial charge in [0.2, 0.25) is 5.91 Å². The predicted molar refractivity (Wildman–Crippen MR) is 105 cm³/mol. The third-order valence-electron chi connectivity index (χ3n) is 4.99. The lowest BCUT2D eigenvalue weighted by Gasteiger charge is -2.32. The fraction of sp³-hybridized carbons (Fsp3) is 0.500. The van der Waals surface area contributed by atoms with E-state index in [9.17, 15) is 10.1 Å². The summed E-state index contributed by atoms with van der Waals surface area (Å²) in [5.41, 5.74) is 1.95. The van der Waals surface area contributed by atoms with Crippen molar-refractivity contribution in [3.05, 3.63) is 30.0 Å². The van der Waals surface area contributed by atoms with Crippen molar-refractivity contribution in [1.82, 2.24) is 15.3 Å². The molecule has 1 aliphatic rings. The molecule has 0 aliphatic carbocycles. The molecule has 2 heterocycles. The average Bonchev–Trinajstić information content (AvgIpc) is 2.69. The molecule has 0 saturated carbocycles. The number of nitrogens with one attached hydrogen (secondary N) is 2. The molecule has 1 aromatic carbocycles. The summed E-state index contributed by atoms with van der Waals surface area (Å²) in [6, 6.07) is 9.75. The van der Waals surface area contributed by atoms with Crippen molar-refractivity contribution in [2.24, 2.45) is 0 Å². The highest BCUT2D eigenvalue weighted by Gasteiger charge is 2.30. The Morgan fingerprint density at radius 3 is 2.59 bits per heavy atom. The average molecular weight is 367 g/mol. The van der Waals surface area contributed by atoms with Gasteiger partial charge in [-0.2, -0.15) is 5.26 Å². The van der Waals surface area contributed by atoms with E-state index in [1.165, 1.54) is 4.90 Å². The van der Waals surface area contributed by atoms with Gasteiger partial charge in [-0.1, -0.05) is 25.5 Å². The molecule has 27 heavy (non-hydrogen) atoms. The van der Waals surface area contributed by atoms with E-state index in [1.807, 2.05) is 24.3 Å². The van der Waals surface area contributed by atoms with E-state index in [0.29, 0.717) is 23.6 Å². The van der Waals surface area contributed by atoms with Crippen LogP contribution in [0.3, 0.4) is 0 Å². The number of anilines is 1. The molecule has 1 fully saturated rings. The van der Waals surface area contributed by atoms with Gasteiger partial charge < -0.3 is 15.1 Å². The van der Waals surface area contributed by atoms with Gasteiger partial charge in [-0.25, -0.2) is 9.97 Å². The van der Waals surface area contributed by atoms with E-state index < -0.39 is 5.92 Å².